The summed E-state index contributed by atoms with van der Waals surface area (Å²) in [4.78, 5) is 0. The van der Waals surface area contributed by atoms with Crippen molar-refractivity contribution in [2.75, 3.05) is 25.5 Å². The molecular formula is C12H14BrN3O. The third-order valence-corrected chi connectivity index (χ3v) is 3.59. The van der Waals surface area contributed by atoms with Gasteiger partial charge in [0.25, 0.3) is 0 Å². The van der Waals surface area contributed by atoms with E-state index in [-0.39, 0.29) is 12.1 Å². The molecule has 1 saturated heterocycles. The second kappa shape index (κ2) is 5.50. The maximum Gasteiger partial charge on any atom is 0.103 e. The summed E-state index contributed by atoms with van der Waals surface area (Å²) in [5, 5.41) is 15.8. The number of methoxy groups -OCH3 is 1. The van der Waals surface area contributed by atoms with Crippen molar-refractivity contribution in [3.8, 4) is 6.07 Å². The van der Waals surface area contributed by atoms with Crippen molar-refractivity contribution < 1.29 is 4.74 Å². The topological polar surface area (TPSA) is 57.1 Å². The minimum atomic E-state index is 0.139. The van der Waals surface area contributed by atoms with E-state index in [9.17, 15) is 0 Å². The summed E-state index contributed by atoms with van der Waals surface area (Å²) in [6.07, 6.45) is 0.139. The van der Waals surface area contributed by atoms with Crippen LogP contribution in [0.25, 0.3) is 0 Å². The second-order valence-electron chi connectivity index (χ2n) is 3.96. The van der Waals surface area contributed by atoms with Crippen LogP contribution in [0.1, 0.15) is 5.56 Å². The molecule has 1 heterocycles. The van der Waals surface area contributed by atoms with Crippen LogP contribution in [-0.4, -0.2) is 32.3 Å². The van der Waals surface area contributed by atoms with Gasteiger partial charge < -0.3 is 15.4 Å². The fourth-order valence-electron chi connectivity index (χ4n) is 2.00. The Morgan fingerprint density at radius 1 is 1.53 bits per heavy atom. The molecule has 1 aromatic rings. The van der Waals surface area contributed by atoms with Crippen molar-refractivity contribution in [3.05, 3.63) is 28.2 Å². The number of hydrogen-bond donors (Lipinski definition) is 2. The summed E-state index contributed by atoms with van der Waals surface area (Å²) >= 11 is 3.38. The van der Waals surface area contributed by atoms with Gasteiger partial charge in [-0.05, 0) is 28.1 Å². The summed E-state index contributed by atoms with van der Waals surface area (Å²) in [6.45, 7) is 1.68. The molecule has 2 rings (SSSR count). The van der Waals surface area contributed by atoms with Crippen LogP contribution in [0, 0.1) is 11.3 Å². The van der Waals surface area contributed by atoms with Crippen molar-refractivity contribution in [1.29, 1.82) is 5.26 Å². The van der Waals surface area contributed by atoms with Gasteiger partial charge in [-0.2, -0.15) is 5.26 Å². The number of nitrogens with one attached hydrogen (secondary N) is 2. The highest BCUT2D eigenvalue weighted by molar-refractivity contribution is 9.10. The van der Waals surface area contributed by atoms with E-state index in [1.54, 1.807) is 7.11 Å². The van der Waals surface area contributed by atoms with Crippen LogP contribution in [0.5, 0.6) is 0 Å². The SMILES string of the molecule is CO[C@H]1CNCC1Nc1cccc(Br)c1C#N. The number of nitriles is 1. The van der Waals surface area contributed by atoms with Crippen molar-refractivity contribution in [1.82, 2.24) is 5.32 Å². The Hall–Kier alpha value is -1.09. The van der Waals surface area contributed by atoms with E-state index in [4.69, 9.17) is 10.00 Å². The summed E-state index contributed by atoms with van der Waals surface area (Å²) < 4.78 is 6.19. The Balaban J connectivity index is 2.19. The lowest BCUT2D eigenvalue weighted by molar-refractivity contribution is 0.111. The lowest BCUT2D eigenvalue weighted by Crippen LogP contribution is -2.33. The van der Waals surface area contributed by atoms with Gasteiger partial charge in [0, 0.05) is 24.7 Å². The number of ether oxygens (including phenoxy) is 1. The van der Waals surface area contributed by atoms with Gasteiger partial charge in [-0.3, -0.25) is 0 Å². The molecule has 1 aliphatic heterocycles. The molecule has 1 aliphatic rings. The highest BCUT2D eigenvalue weighted by Crippen LogP contribution is 2.25. The van der Waals surface area contributed by atoms with Gasteiger partial charge in [-0.25, -0.2) is 0 Å². The molecule has 0 spiro atoms. The summed E-state index contributed by atoms with van der Waals surface area (Å²) in [5.74, 6) is 0. The molecule has 1 fully saturated rings. The molecule has 17 heavy (non-hydrogen) atoms. The third-order valence-electron chi connectivity index (χ3n) is 2.93. The molecule has 1 unspecified atom stereocenters. The number of anilines is 1. The minimum absolute atomic E-state index is 0.139. The summed E-state index contributed by atoms with van der Waals surface area (Å²) in [6, 6.07) is 8.09. The van der Waals surface area contributed by atoms with Gasteiger partial charge in [0.2, 0.25) is 0 Å². The Morgan fingerprint density at radius 2 is 2.35 bits per heavy atom. The Kier molecular flexibility index (Phi) is 4.00. The Bertz CT molecular complexity index is 444. The average molecular weight is 296 g/mol. The van der Waals surface area contributed by atoms with Crippen LogP contribution in [0.2, 0.25) is 0 Å². The number of rotatable bonds is 3. The summed E-state index contributed by atoms with van der Waals surface area (Å²) in [7, 11) is 1.71. The monoisotopic (exact) mass is 295 g/mol. The first-order chi connectivity index (χ1) is 8.26. The molecule has 0 saturated carbocycles. The average Bonchev–Trinajstić information content (AvgIpc) is 2.77. The molecule has 90 valence electrons. The van der Waals surface area contributed by atoms with Gasteiger partial charge >= 0.3 is 0 Å². The van der Waals surface area contributed by atoms with Crippen LogP contribution in [0.15, 0.2) is 22.7 Å². The first-order valence-corrected chi connectivity index (χ1v) is 6.24. The van der Waals surface area contributed by atoms with Gasteiger partial charge in [0.1, 0.15) is 6.07 Å². The summed E-state index contributed by atoms with van der Waals surface area (Å²) in [5.41, 5.74) is 1.48. The number of halogens is 1. The van der Waals surface area contributed by atoms with E-state index in [1.807, 2.05) is 18.2 Å². The number of nitrogens with zero attached hydrogens (tertiary/aromatic N) is 1. The molecule has 2 atom stereocenters. The van der Waals surface area contributed by atoms with Crippen molar-refractivity contribution in [2.24, 2.45) is 0 Å². The zero-order valence-corrected chi connectivity index (χ0v) is 11.1. The normalized spacial score (nSPS) is 23.4. The fraction of sp³-hybridized carbons (Fsp3) is 0.417. The first-order valence-electron chi connectivity index (χ1n) is 5.45. The predicted molar refractivity (Wildman–Crippen MR) is 69.9 cm³/mol. The van der Waals surface area contributed by atoms with Gasteiger partial charge in [0.15, 0.2) is 0 Å². The van der Waals surface area contributed by atoms with Gasteiger partial charge in [-0.1, -0.05) is 6.07 Å². The molecule has 0 aromatic heterocycles. The minimum Gasteiger partial charge on any atom is -0.378 e. The van der Waals surface area contributed by atoms with E-state index >= 15 is 0 Å². The maximum atomic E-state index is 9.13. The Morgan fingerprint density at radius 3 is 3.06 bits per heavy atom. The molecule has 0 aliphatic carbocycles. The molecule has 1 aromatic carbocycles. The van der Waals surface area contributed by atoms with E-state index < -0.39 is 0 Å². The highest BCUT2D eigenvalue weighted by atomic mass is 79.9. The van der Waals surface area contributed by atoms with E-state index in [0.717, 1.165) is 23.2 Å². The van der Waals surface area contributed by atoms with Crippen molar-refractivity contribution in [2.45, 2.75) is 12.1 Å². The van der Waals surface area contributed by atoms with E-state index in [1.165, 1.54) is 0 Å². The lowest BCUT2D eigenvalue weighted by Gasteiger charge is -2.20. The third kappa shape index (κ3) is 2.60. The van der Waals surface area contributed by atoms with Gasteiger partial charge in [0.05, 0.1) is 23.4 Å². The van der Waals surface area contributed by atoms with Crippen LogP contribution < -0.4 is 10.6 Å². The van der Waals surface area contributed by atoms with Crippen LogP contribution in [0.3, 0.4) is 0 Å². The molecule has 0 amide bonds. The van der Waals surface area contributed by atoms with E-state index in [2.05, 4.69) is 32.6 Å². The molecule has 0 bridgehead atoms. The molecule has 5 heteroatoms. The van der Waals surface area contributed by atoms with E-state index in [0.29, 0.717) is 5.56 Å². The highest BCUT2D eigenvalue weighted by Gasteiger charge is 2.27. The van der Waals surface area contributed by atoms with Crippen LogP contribution in [-0.2, 0) is 4.74 Å². The number of benzene rings is 1. The molecule has 4 nitrogen and oxygen atoms in total. The predicted octanol–water partition coefficient (Wildman–Crippen LogP) is 1.72. The van der Waals surface area contributed by atoms with Crippen LogP contribution >= 0.6 is 15.9 Å². The fourth-order valence-corrected chi connectivity index (χ4v) is 2.46. The molecule has 0 radical (unpaired) electrons. The zero-order valence-electron chi connectivity index (χ0n) is 9.53. The van der Waals surface area contributed by atoms with Crippen LogP contribution in [0.4, 0.5) is 5.69 Å². The maximum absolute atomic E-state index is 9.13. The van der Waals surface area contributed by atoms with Crippen molar-refractivity contribution >= 4 is 21.6 Å². The van der Waals surface area contributed by atoms with Gasteiger partial charge in [-0.15, -0.1) is 0 Å². The van der Waals surface area contributed by atoms with Crippen molar-refractivity contribution in [3.63, 3.8) is 0 Å². The zero-order chi connectivity index (χ0) is 12.3. The Labute approximate surface area is 109 Å². The molecular weight excluding hydrogens is 282 g/mol. The first kappa shape index (κ1) is 12.4. The largest absolute Gasteiger partial charge is 0.378 e. The standard InChI is InChI=1S/C12H14BrN3O/c1-17-12-7-15-6-11(12)16-10-4-2-3-9(13)8(10)5-14/h2-4,11-12,15-16H,6-7H2,1H3/t11?,12-/m0/s1. The second-order valence-corrected chi connectivity index (χ2v) is 4.81. The lowest BCUT2D eigenvalue weighted by atomic mass is 10.1. The molecule has 2 N–H and O–H groups in total. The smallest absolute Gasteiger partial charge is 0.103 e. The number of hydrogen-bond acceptors (Lipinski definition) is 4. The quantitative estimate of drug-likeness (QED) is 0.891.